The lowest BCUT2D eigenvalue weighted by molar-refractivity contribution is 0.627. The highest BCUT2D eigenvalue weighted by atomic mass is 19.1. The molecule has 5 heteroatoms. The summed E-state index contributed by atoms with van der Waals surface area (Å²) in [7, 11) is 0. The summed E-state index contributed by atoms with van der Waals surface area (Å²) in [5.74, 6) is 0.605. The molecule has 2 aromatic heterocycles. The standard InChI is InChI=1S/C19H17FN4/c1-2-12-3-7-15-17(9-12)23(11-21-15)19-22-16-8-4-13(20)10-18(16)24(19)14-5-6-14/h3-4,7-11,14H,2,5-6H2,1H3. The molecule has 0 amide bonds. The van der Waals surface area contributed by atoms with Gasteiger partial charge in [0.15, 0.2) is 0 Å². The van der Waals surface area contributed by atoms with Crippen LogP contribution in [0.1, 0.15) is 31.4 Å². The molecule has 1 saturated carbocycles. The molecule has 0 unspecified atom stereocenters. The predicted octanol–water partition coefficient (Wildman–Crippen LogP) is 4.41. The van der Waals surface area contributed by atoms with Gasteiger partial charge in [-0.15, -0.1) is 0 Å². The van der Waals surface area contributed by atoms with Crippen LogP contribution in [0, 0.1) is 5.82 Å². The molecule has 24 heavy (non-hydrogen) atoms. The van der Waals surface area contributed by atoms with Gasteiger partial charge in [0.05, 0.1) is 22.1 Å². The highest BCUT2D eigenvalue weighted by Crippen LogP contribution is 2.40. The van der Waals surface area contributed by atoms with E-state index < -0.39 is 0 Å². The molecule has 0 spiro atoms. The third kappa shape index (κ3) is 1.97. The Hall–Kier alpha value is -2.69. The van der Waals surface area contributed by atoms with Gasteiger partial charge >= 0.3 is 0 Å². The Morgan fingerprint density at radius 3 is 2.71 bits per heavy atom. The molecule has 2 heterocycles. The summed E-state index contributed by atoms with van der Waals surface area (Å²) < 4.78 is 17.9. The average Bonchev–Trinajstić information content (AvgIpc) is 3.24. The maximum atomic E-state index is 13.7. The van der Waals surface area contributed by atoms with Gasteiger partial charge in [0.1, 0.15) is 12.1 Å². The summed E-state index contributed by atoms with van der Waals surface area (Å²) in [4.78, 5) is 9.30. The van der Waals surface area contributed by atoms with Crippen LogP contribution in [-0.2, 0) is 6.42 Å². The van der Waals surface area contributed by atoms with Crippen LogP contribution in [0.3, 0.4) is 0 Å². The lowest BCUT2D eigenvalue weighted by Gasteiger charge is -2.09. The Labute approximate surface area is 138 Å². The fraction of sp³-hybridized carbons (Fsp3) is 0.263. The van der Waals surface area contributed by atoms with Gasteiger partial charge in [-0.05, 0) is 55.2 Å². The molecule has 120 valence electrons. The van der Waals surface area contributed by atoms with Crippen LogP contribution in [0.15, 0.2) is 42.7 Å². The van der Waals surface area contributed by atoms with E-state index in [4.69, 9.17) is 4.98 Å². The molecule has 0 radical (unpaired) electrons. The molecule has 1 aliphatic carbocycles. The van der Waals surface area contributed by atoms with Gasteiger partial charge in [0.25, 0.3) is 0 Å². The highest BCUT2D eigenvalue weighted by molar-refractivity contribution is 5.81. The first kappa shape index (κ1) is 13.7. The SMILES string of the molecule is CCc1ccc2ncn(-c3nc4ccc(F)cc4n3C3CC3)c2c1. The molecule has 1 aliphatic rings. The van der Waals surface area contributed by atoms with Gasteiger partial charge < -0.3 is 4.57 Å². The summed E-state index contributed by atoms with van der Waals surface area (Å²) in [5.41, 5.74) is 4.96. The molecule has 0 N–H and O–H groups in total. The Kier molecular flexibility index (Phi) is 2.80. The van der Waals surface area contributed by atoms with Crippen molar-refractivity contribution in [2.24, 2.45) is 0 Å². The van der Waals surface area contributed by atoms with Crippen molar-refractivity contribution in [3.8, 4) is 5.95 Å². The molecule has 4 aromatic rings. The number of hydrogen-bond acceptors (Lipinski definition) is 2. The maximum Gasteiger partial charge on any atom is 0.216 e. The van der Waals surface area contributed by atoms with E-state index in [0.717, 1.165) is 47.3 Å². The van der Waals surface area contributed by atoms with E-state index in [1.807, 2.05) is 10.9 Å². The summed E-state index contributed by atoms with van der Waals surface area (Å²) >= 11 is 0. The van der Waals surface area contributed by atoms with Gasteiger partial charge in [0, 0.05) is 6.04 Å². The van der Waals surface area contributed by atoms with E-state index >= 15 is 0 Å². The minimum absolute atomic E-state index is 0.223. The van der Waals surface area contributed by atoms with Crippen molar-refractivity contribution in [1.82, 2.24) is 19.1 Å². The fourth-order valence-corrected chi connectivity index (χ4v) is 3.35. The number of benzene rings is 2. The number of rotatable bonds is 3. The van der Waals surface area contributed by atoms with Crippen molar-refractivity contribution in [3.05, 3.63) is 54.1 Å². The van der Waals surface area contributed by atoms with E-state index in [-0.39, 0.29) is 5.82 Å². The van der Waals surface area contributed by atoms with Crippen LogP contribution < -0.4 is 0 Å². The molecule has 1 fully saturated rings. The zero-order chi connectivity index (χ0) is 16.3. The van der Waals surface area contributed by atoms with Crippen molar-refractivity contribution < 1.29 is 4.39 Å². The molecule has 0 aliphatic heterocycles. The minimum atomic E-state index is -0.223. The Balaban J connectivity index is 1.81. The molecular weight excluding hydrogens is 303 g/mol. The quantitative estimate of drug-likeness (QED) is 0.560. The Bertz CT molecular complexity index is 1070. The number of halogens is 1. The number of imidazole rings is 2. The monoisotopic (exact) mass is 320 g/mol. The first-order valence-electron chi connectivity index (χ1n) is 8.38. The van der Waals surface area contributed by atoms with E-state index in [1.165, 1.54) is 11.6 Å². The van der Waals surface area contributed by atoms with Gasteiger partial charge in [0.2, 0.25) is 5.95 Å². The van der Waals surface area contributed by atoms with E-state index in [0.29, 0.717) is 6.04 Å². The molecule has 5 rings (SSSR count). The zero-order valence-electron chi connectivity index (χ0n) is 13.4. The number of fused-ring (bicyclic) bond motifs is 2. The normalized spacial score (nSPS) is 14.8. The van der Waals surface area contributed by atoms with Crippen LogP contribution >= 0.6 is 0 Å². The maximum absolute atomic E-state index is 13.7. The summed E-state index contributed by atoms with van der Waals surface area (Å²) in [5, 5.41) is 0. The van der Waals surface area contributed by atoms with E-state index in [9.17, 15) is 4.39 Å². The minimum Gasteiger partial charge on any atom is -0.306 e. The summed E-state index contributed by atoms with van der Waals surface area (Å²) in [6, 6.07) is 11.5. The summed E-state index contributed by atoms with van der Waals surface area (Å²) in [6.07, 6.45) is 5.02. The van der Waals surface area contributed by atoms with Gasteiger partial charge in [-0.3, -0.25) is 4.57 Å². The lowest BCUT2D eigenvalue weighted by atomic mass is 10.1. The summed E-state index contributed by atoms with van der Waals surface area (Å²) in [6.45, 7) is 2.14. The van der Waals surface area contributed by atoms with Crippen molar-refractivity contribution in [2.45, 2.75) is 32.2 Å². The van der Waals surface area contributed by atoms with Crippen molar-refractivity contribution in [2.75, 3.05) is 0 Å². The van der Waals surface area contributed by atoms with Gasteiger partial charge in [-0.1, -0.05) is 13.0 Å². The van der Waals surface area contributed by atoms with Gasteiger partial charge in [-0.25, -0.2) is 14.4 Å². The smallest absolute Gasteiger partial charge is 0.216 e. The van der Waals surface area contributed by atoms with Gasteiger partial charge in [-0.2, -0.15) is 0 Å². The first-order valence-corrected chi connectivity index (χ1v) is 8.38. The molecule has 4 nitrogen and oxygen atoms in total. The average molecular weight is 320 g/mol. The number of aromatic nitrogens is 4. The first-order chi connectivity index (χ1) is 11.7. The number of hydrogen-bond donors (Lipinski definition) is 0. The Morgan fingerprint density at radius 1 is 1.08 bits per heavy atom. The van der Waals surface area contributed by atoms with E-state index in [1.54, 1.807) is 12.1 Å². The largest absolute Gasteiger partial charge is 0.306 e. The highest BCUT2D eigenvalue weighted by Gasteiger charge is 2.29. The molecule has 0 atom stereocenters. The second kappa shape index (κ2) is 4.90. The predicted molar refractivity (Wildman–Crippen MR) is 92.0 cm³/mol. The van der Waals surface area contributed by atoms with Crippen molar-refractivity contribution >= 4 is 22.1 Å². The lowest BCUT2D eigenvalue weighted by Crippen LogP contribution is -2.05. The fourth-order valence-electron chi connectivity index (χ4n) is 3.35. The third-order valence-electron chi connectivity index (χ3n) is 4.78. The van der Waals surface area contributed by atoms with Crippen LogP contribution in [0.4, 0.5) is 4.39 Å². The van der Waals surface area contributed by atoms with Crippen molar-refractivity contribution in [3.63, 3.8) is 0 Å². The topological polar surface area (TPSA) is 35.6 Å². The molecule has 0 saturated heterocycles. The van der Waals surface area contributed by atoms with Crippen LogP contribution in [0.5, 0.6) is 0 Å². The molecular formula is C19H17FN4. The number of aryl methyl sites for hydroxylation is 1. The number of nitrogens with zero attached hydrogens (tertiary/aromatic N) is 4. The van der Waals surface area contributed by atoms with Crippen LogP contribution in [0.2, 0.25) is 0 Å². The molecule has 0 bridgehead atoms. The second-order valence-electron chi connectivity index (χ2n) is 6.44. The third-order valence-corrected chi connectivity index (χ3v) is 4.78. The van der Waals surface area contributed by atoms with E-state index in [2.05, 4.69) is 34.7 Å². The zero-order valence-corrected chi connectivity index (χ0v) is 13.4. The second-order valence-corrected chi connectivity index (χ2v) is 6.44. The van der Waals surface area contributed by atoms with Crippen molar-refractivity contribution in [1.29, 1.82) is 0 Å². The van der Waals surface area contributed by atoms with Crippen LogP contribution in [-0.4, -0.2) is 19.1 Å². The van der Waals surface area contributed by atoms with Crippen LogP contribution in [0.25, 0.3) is 28.0 Å². The Morgan fingerprint density at radius 2 is 1.92 bits per heavy atom. The molecule has 2 aromatic carbocycles.